The molecule has 0 aliphatic heterocycles. The molecule has 6 aromatic carbocycles. The Morgan fingerprint density at radius 3 is 1.39 bits per heavy atom. The first-order valence-corrected chi connectivity index (χ1v) is 24.6. The highest BCUT2D eigenvalue weighted by Gasteiger charge is 2.38. The number of hydrogen-bond acceptors (Lipinski definition) is 6. The molecule has 70 heavy (non-hydrogen) atoms. The quantitative estimate of drug-likeness (QED) is 0.0835. The van der Waals surface area contributed by atoms with E-state index in [0.717, 1.165) is 89.2 Å². The number of aldehydes is 1. The summed E-state index contributed by atoms with van der Waals surface area (Å²) < 4.78 is 39.1. The van der Waals surface area contributed by atoms with Gasteiger partial charge in [-0.1, -0.05) is 136 Å². The van der Waals surface area contributed by atoms with Crippen LogP contribution in [0.3, 0.4) is 0 Å². The zero-order valence-electron chi connectivity index (χ0n) is 37.8. The number of Topliss-reactive ketones (excluding diaryl/α,β-unsaturated/α-hetero) is 1. The summed E-state index contributed by atoms with van der Waals surface area (Å²) in [6.07, 6.45) is 3.97. The lowest BCUT2D eigenvalue weighted by molar-refractivity contribution is -0.138. The first kappa shape index (κ1) is 54.1. The first-order valence-electron chi connectivity index (χ1n) is 22.7. The van der Waals surface area contributed by atoms with E-state index >= 15 is 0 Å². The molecule has 15 heteroatoms. The van der Waals surface area contributed by atoms with Gasteiger partial charge in [-0.3, -0.25) is 14.4 Å². The molecule has 0 radical (unpaired) electrons. The molecule has 1 amide bonds. The van der Waals surface area contributed by atoms with Crippen LogP contribution < -0.4 is 11.1 Å². The van der Waals surface area contributed by atoms with Crippen LogP contribution in [0.1, 0.15) is 124 Å². The molecule has 0 saturated heterocycles. The van der Waals surface area contributed by atoms with Crippen molar-refractivity contribution in [3.8, 4) is 0 Å². The summed E-state index contributed by atoms with van der Waals surface area (Å²) in [5, 5.41) is 18.2. The minimum Gasteiger partial charge on any atom is -0.411 e. The Balaban J connectivity index is 0.000000151. The summed E-state index contributed by atoms with van der Waals surface area (Å²) in [7, 11) is 0. The molecule has 10 rings (SSSR count). The van der Waals surface area contributed by atoms with Crippen molar-refractivity contribution in [2.75, 3.05) is 0 Å². The SMILES string of the molecule is N[C@@H]1CCC1c1ccc(Cl)cc1.O=C(N[C@@H]1CCC1c1ccc(Cl)cc1)c1ccccc1C(F)(F)F.O=C1CCC1c1ccc(Cl)cc1.O=Cc1ccc(Cl)cc1.ON=C1CCC1c1ccc(Cl)cc1. The Labute approximate surface area is 431 Å². The van der Waals surface area contributed by atoms with Gasteiger partial charge in [0, 0.05) is 66.9 Å². The van der Waals surface area contributed by atoms with E-state index in [0.29, 0.717) is 39.3 Å². The third kappa shape index (κ3) is 15.2. The molecule has 6 aromatic rings. The fourth-order valence-corrected chi connectivity index (χ4v) is 8.82. The van der Waals surface area contributed by atoms with Gasteiger partial charge < -0.3 is 16.3 Å². The topological polar surface area (TPSA) is 122 Å². The predicted molar refractivity (Wildman–Crippen MR) is 275 cm³/mol. The van der Waals surface area contributed by atoms with Crippen molar-refractivity contribution in [1.29, 1.82) is 0 Å². The summed E-state index contributed by atoms with van der Waals surface area (Å²) in [4.78, 5) is 33.5. The number of amides is 1. The van der Waals surface area contributed by atoms with Crippen LogP contribution in [0, 0.1) is 0 Å². The van der Waals surface area contributed by atoms with E-state index in [1.807, 2.05) is 72.8 Å². The molecule has 4 aliphatic rings. The van der Waals surface area contributed by atoms with E-state index in [9.17, 15) is 27.6 Å². The Bertz CT molecular complexity index is 2690. The molecule has 0 spiro atoms. The molecule has 0 aromatic heterocycles. The molecule has 4 fully saturated rings. The standard InChI is InChI=1S/C18H15ClF3NO.C10H10ClNO.C10H12ClN.C10H9ClO.C7H5ClO/c19-12-7-5-11(6-8-12)13-9-10-16(13)23-17(24)14-3-1-2-4-15(14)18(20,21)22;11-8-3-1-7(2-4-8)9-5-6-10(9)12-13;2*11-8-3-1-7(2-4-8)9-5-6-10(9)12;8-7-3-1-6(5-9)2-4-7/h1-8,13,16H,9-10H2,(H,23,24);1-4,9,13H,5-6H2;1-4,9-10H,5-6,12H2;1-4,9H,5-6H2;1-5H/t13?,16-;;9?,10-;;/m1.1../s1. The molecule has 0 heterocycles. The molecular weight excluding hydrogens is 1000 g/mol. The van der Waals surface area contributed by atoms with Crippen molar-refractivity contribution in [2.45, 2.75) is 93.3 Å². The van der Waals surface area contributed by atoms with Crippen LogP contribution in [0.25, 0.3) is 0 Å². The fraction of sp³-hybridized carbons (Fsp3) is 0.273. The van der Waals surface area contributed by atoms with Gasteiger partial charge >= 0.3 is 6.18 Å². The van der Waals surface area contributed by atoms with Crippen LogP contribution >= 0.6 is 58.0 Å². The van der Waals surface area contributed by atoms with Crippen molar-refractivity contribution in [3.63, 3.8) is 0 Å². The molecular formula is C55H51Cl5F3N3O4. The lowest BCUT2D eigenvalue weighted by Gasteiger charge is -2.37. The summed E-state index contributed by atoms with van der Waals surface area (Å²) in [5.41, 5.74) is 10.8. The number of alkyl halides is 3. The van der Waals surface area contributed by atoms with E-state index in [4.69, 9.17) is 68.9 Å². The van der Waals surface area contributed by atoms with Crippen molar-refractivity contribution in [3.05, 3.63) is 210 Å². The van der Waals surface area contributed by atoms with Crippen LogP contribution in [0.15, 0.2) is 151 Å². The molecule has 0 bridgehead atoms. The number of oxime groups is 1. The number of nitrogens with one attached hydrogen (secondary N) is 1. The number of rotatable bonds is 7. The average molecular weight is 1050 g/mol. The van der Waals surface area contributed by atoms with Crippen LogP contribution in [-0.2, 0) is 11.0 Å². The van der Waals surface area contributed by atoms with Gasteiger partial charge in [0.25, 0.3) is 5.91 Å². The zero-order chi connectivity index (χ0) is 50.4. The highest BCUT2D eigenvalue weighted by molar-refractivity contribution is 6.31. The van der Waals surface area contributed by atoms with Crippen molar-refractivity contribution in [2.24, 2.45) is 10.9 Å². The molecule has 6 atom stereocenters. The van der Waals surface area contributed by atoms with Gasteiger partial charge in [-0.15, -0.1) is 0 Å². The molecule has 7 nitrogen and oxygen atoms in total. The van der Waals surface area contributed by atoms with E-state index < -0.39 is 17.6 Å². The Morgan fingerprint density at radius 1 is 0.586 bits per heavy atom. The van der Waals surface area contributed by atoms with Gasteiger partial charge in [-0.05, 0) is 146 Å². The predicted octanol–water partition coefficient (Wildman–Crippen LogP) is 15.6. The Hall–Kier alpha value is -5.20. The number of nitrogens with two attached hydrogens (primary N) is 1. The second kappa shape index (κ2) is 25.8. The number of ketones is 1. The summed E-state index contributed by atoms with van der Waals surface area (Å²) in [5.74, 6) is 0.806. The Kier molecular flexibility index (Phi) is 19.9. The number of carbonyl (C=O) groups excluding carboxylic acids is 3. The van der Waals surface area contributed by atoms with Gasteiger partial charge in [0.2, 0.25) is 0 Å². The molecule has 4 aliphatic carbocycles. The van der Waals surface area contributed by atoms with Crippen LogP contribution in [0.5, 0.6) is 0 Å². The summed E-state index contributed by atoms with van der Waals surface area (Å²) in [6, 6.07) is 42.3. The highest BCUT2D eigenvalue weighted by Crippen LogP contribution is 2.39. The number of carbonyl (C=O) groups is 3. The minimum atomic E-state index is -4.55. The van der Waals surface area contributed by atoms with Gasteiger partial charge in [-0.25, -0.2) is 0 Å². The second-order valence-electron chi connectivity index (χ2n) is 17.3. The third-order valence-corrected chi connectivity index (χ3v) is 14.1. The number of nitrogens with zero attached hydrogens (tertiary/aromatic N) is 1. The van der Waals surface area contributed by atoms with Crippen LogP contribution in [0.2, 0.25) is 25.1 Å². The minimum absolute atomic E-state index is 0.101. The van der Waals surface area contributed by atoms with E-state index in [1.165, 1.54) is 35.7 Å². The Morgan fingerprint density at radius 2 is 1.03 bits per heavy atom. The van der Waals surface area contributed by atoms with Gasteiger partial charge in [0.05, 0.1) is 16.8 Å². The molecule has 4 unspecified atom stereocenters. The van der Waals surface area contributed by atoms with Crippen molar-refractivity contribution < 1.29 is 32.8 Å². The number of hydrogen-bond donors (Lipinski definition) is 3. The van der Waals surface area contributed by atoms with E-state index in [-0.39, 0.29) is 23.4 Å². The molecule has 4 N–H and O–H groups in total. The first-order chi connectivity index (χ1) is 33.5. The zero-order valence-corrected chi connectivity index (χ0v) is 41.6. The van der Waals surface area contributed by atoms with Crippen LogP contribution in [0.4, 0.5) is 13.2 Å². The average Bonchev–Trinajstić information content (AvgIpc) is 3.33. The van der Waals surface area contributed by atoms with Gasteiger partial charge in [0.1, 0.15) is 12.1 Å². The van der Waals surface area contributed by atoms with Crippen molar-refractivity contribution >= 4 is 81.7 Å². The fourth-order valence-electron chi connectivity index (χ4n) is 8.19. The lowest BCUT2D eigenvalue weighted by atomic mass is 9.75. The summed E-state index contributed by atoms with van der Waals surface area (Å²) in [6.45, 7) is 0. The monoisotopic (exact) mass is 1050 g/mol. The lowest BCUT2D eigenvalue weighted by Crippen LogP contribution is -2.45. The number of halogens is 8. The largest absolute Gasteiger partial charge is 0.417 e. The van der Waals surface area contributed by atoms with Crippen LogP contribution in [-0.4, -0.2) is 41.0 Å². The highest BCUT2D eigenvalue weighted by atomic mass is 35.5. The van der Waals surface area contributed by atoms with Gasteiger partial charge in [0.15, 0.2) is 0 Å². The summed E-state index contributed by atoms with van der Waals surface area (Å²) >= 11 is 28.7. The van der Waals surface area contributed by atoms with E-state index in [1.54, 1.807) is 36.4 Å². The number of benzene rings is 6. The van der Waals surface area contributed by atoms with Crippen molar-refractivity contribution in [1.82, 2.24) is 5.32 Å². The maximum atomic E-state index is 13.0. The maximum absolute atomic E-state index is 13.0. The normalized spacial score (nSPS) is 21.3. The molecule has 366 valence electrons. The second-order valence-corrected chi connectivity index (χ2v) is 19.5. The molecule has 4 saturated carbocycles. The van der Waals surface area contributed by atoms with E-state index in [2.05, 4.69) is 22.6 Å². The smallest absolute Gasteiger partial charge is 0.411 e. The van der Waals surface area contributed by atoms with Gasteiger partial charge in [-0.2, -0.15) is 13.2 Å². The third-order valence-electron chi connectivity index (χ3n) is 12.8. The maximum Gasteiger partial charge on any atom is 0.417 e.